The molecule has 1 aliphatic heterocycles. The summed E-state index contributed by atoms with van der Waals surface area (Å²) in [6.07, 6.45) is 6.65. The molecule has 272 valence electrons. The molecule has 0 N–H and O–H groups in total. The first kappa shape index (κ1) is 34.2. The predicted octanol–water partition coefficient (Wildman–Crippen LogP) is 13.1. The summed E-state index contributed by atoms with van der Waals surface area (Å²) in [5.41, 5.74) is 10.7. The second-order valence-corrected chi connectivity index (χ2v) is 16.4. The molecular formula is C50H30N6S2. The molecule has 0 radical (unpaired) electrons. The lowest BCUT2D eigenvalue weighted by Gasteiger charge is -2.24. The number of para-hydroxylation sites is 1. The molecule has 2 unspecified atom stereocenters. The van der Waals surface area contributed by atoms with Crippen LogP contribution in [0, 0.1) is 6.57 Å². The Balaban J connectivity index is 1.02. The van der Waals surface area contributed by atoms with Gasteiger partial charge in [-0.05, 0) is 28.8 Å². The van der Waals surface area contributed by atoms with Gasteiger partial charge in [-0.1, -0.05) is 158 Å². The Morgan fingerprint density at radius 2 is 1.21 bits per heavy atom. The van der Waals surface area contributed by atoms with Gasteiger partial charge >= 0.3 is 0 Å². The van der Waals surface area contributed by atoms with Gasteiger partial charge in [-0.15, -0.1) is 23.1 Å². The van der Waals surface area contributed by atoms with Crippen molar-refractivity contribution < 1.29 is 0 Å². The van der Waals surface area contributed by atoms with Gasteiger partial charge < -0.3 is 0 Å². The number of thioether (sulfide) groups is 1. The molecular weight excluding hydrogens is 749 g/mol. The zero-order chi connectivity index (χ0) is 38.6. The third-order valence-electron chi connectivity index (χ3n) is 10.8. The molecule has 6 nitrogen and oxygen atoms in total. The third kappa shape index (κ3) is 5.83. The molecule has 6 aromatic carbocycles. The number of aromatic nitrogens is 5. The maximum atomic E-state index is 7.66. The number of benzene rings is 6. The van der Waals surface area contributed by atoms with Crippen LogP contribution in [0.2, 0.25) is 0 Å². The van der Waals surface area contributed by atoms with Crippen molar-refractivity contribution in [3.05, 3.63) is 193 Å². The van der Waals surface area contributed by atoms with E-state index in [9.17, 15) is 0 Å². The Bertz CT molecular complexity index is 3170. The molecule has 4 heterocycles. The van der Waals surface area contributed by atoms with Crippen molar-refractivity contribution in [1.29, 1.82) is 0 Å². The van der Waals surface area contributed by atoms with E-state index in [0.29, 0.717) is 23.2 Å². The summed E-state index contributed by atoms with van der Waals surface area (Å²) < 4.78 is 2.32. The van der Waals surface area contributed by atoms with Crippen LogP contribution in [0.4, 0.5) is 5.69 Å². The monoisotopic (exact) mass is 778 g/mol. The van der Waals surface area contributed by atoms with Crippen LogP contribution in [0.15, 0.2) is 175 Å². The Kier molecular flexibility index (Phi) is 8.35. The summed E-state index contributed by atoms with van der Waals surface area (Å²) in [7, 11) is 0. The number of thiophene rings is 1. The number of allylic oxidation sites excluding steroid dienone is 3. The average molecular weight is 779 g/mol. The number of rotatable bonds is 6. The van der Waals surface area contributed by atoms with Crippen molar-refractivity contribution >= 4 is 54.7 Å². The summed E-state index contributed by atoms with van der Waals surface area (Å²) in [6.45, 7) is 7.66. The maximum absolute atomic E-state index is 7.66. The van der Waals surface area contributed by atoms with E-state index in [2.05, 4.69) is 89.8 Å². The smallest absolute Gasteiger partial charge is 0.194 e. The third-order valence-corrected chi connectivity index (χ3v) is 13.3. The van der Waals surface area contributed by atoms with Crippen LogP contribution in [0.5, 0.6) is 0 Å². The number of fused-ring (bicyclic) bond motifs is 6. The lowest BCUT2D eigenvalue weighted by molar-refractivity contribution is 0.809. The minimum Gasteiger partial charge on any atom is -0.238 e. The standard InChI is InChI=1S/C50H30N6S2/c1-51-39-23-10-8-18-34(39)30-26-28-33(29-27-30)48-54-47(32-16-6-3-7-17-32)55-49(56-48)37-21-13-25-41-42(37)36-20-12-22-38(45(36)58-41)50-52-43(31-14-4-2-5-15-31)46-44(53-50)35-19-9-11-24-40(35)57-46/h2-29,38,45H. The molecule has 8 heteroatoms. The highest BCUT2D eigenvalue weighted by atomic mass is 32.2. The fourth-order valence-corrected chi connectivity index (χ4v) is 10.6. The number of nitrogens with zero attached hydrogens (tertiary/aromatic N) is 6. The van der Waals surface area contributed by atoms with Crippen LogP contribution in [-0.4, -0.2) is 30.2 Å². The van der Waals surface area contributed by atoms with Crippen molar-refractivity contribution in [1.82, 2.24) is 24.9 Å². The van der Waals surface area contributed by atoms with E-state index in [1.54, 1.807) is 11.3 Å². The van der Waals surface area contributed by atoms with Gasteiger partial charge in [0, 0.05) is 48.0 Å². The Labute approximate surface area is 343 Å². The fourth-order valence-electron chi connectivity index (χ4n) is 8.01. The summed E-state index contributed by atoms with van der Waals surface area (Å²) >= 11 is 3.62. The van der Waals surface area contributed by atoms with Crippen LogP contribution in [0.25, 0.3) is 87.3 Å². The zero-order valence-corrected chi connectivity index (χ0v) is 32.5. The van der Waals surface area contributed by atoms with Gasteiger partial charge in [-0.25, -0.2) is 29.8 Å². The molecule has 0 fully saturated rings. The van der Waals surface area contributed by atoms with E-state index < -0.39 is 0 Å². The average Bonchev–Trinajstić information content (AvgIpc) is 3.88. The van der Waals surface area contributed by atoms with Gasteiger partial charge in [0.15, 0.2) is 23.2 Å². The Morgan fingerprint density at radius 3 is 2.00 bits per heavy atom. The zero-order valence-electron chi connectivity index (χ0n) is 30.8. The normalized spacial score (nSPS) is 15.5. The van der Waals surface area contributed by atoms with Crippen LogP contribution in [-0.2, 0) is 0 Å². The highest BCUT2D eigenvalue weighted by Gasteiger charge is 2.39. The molecule has 11 rings (SSSR count). The van der Waals surface area contributed by atoms with Gasteiger partial charge in [0.05, 0.1) is 28.4 Å². The van der Waals surface area contributed by atoms with Crippen molar-refractivity contribution in [2.24, 2.45) is 0 Å². The van der Waals surface area contributed by atoms with E-state index in [0.717, 1.165) is 66.1 Å². The van der Waals surface area contributed by atoms with Gasteiger partial charge in [-0.2, -0.15) is 0 Å². The first-order valence-electron chi connectivity index (χ1n) is 19.0. The summed E-state index contributed by atoms with van der Waals surface area (Å²) in [5, 5.41) is 1.22. The van der Waals surface area contributed by atoms with E-state index in [1.807, 2.05) is 96.7 Å². The van der Waals surface area contributed by atoms with Gasteiger partial charge in [0.2, 0.25) is 0 Å². The van der Waals surface area contributed by atoms with E-state index in [4.69, 9.17) is 31.5 Å². The minimum atomic E-state index is -0.0592. The molecule has 1 aliphatic carbocycles. The van der Waals surface area contributed by atoms with Crippen molar-refractivity contribution in [2.75, 3.05) is 0 Å². The second-order valence-electron chi connectivity index (χ2n) is 14.2. The minimum absolute atomic E-state index is 0.0592. The molecule has 0 bridgehead atoms. The van der Waals surface area contributed by atoms with E-state index in [1.165, 1.54) is 15.2 Å². The lowest BCUT2D eigenvalue weighted by atomic mass is 9.87. The van der Waals surface area contributed by atoms with Crippen molar-refractivity contribution in [3.63, 3.8) is 0 Å². The van der Waals surface area contributed by atoms with Gasteiger partial charge in [0.1, 0.15) is 5.82 Å². The molecule has 58 heavy (non-hydrogen) atoms. The van der Waals surface area contributed by atoms with Crippen LogP contribution in [0.1, 0.15) is 17.3 Å². The van der Waals surface area contributed by atoms with Crippen molar-refractivity contribution in [2.45, 2.75) is 16.1 Å². The van der Waals surface area contributed by atoms with Gasteiger partial charge in [-0.3, -0.25) is 0 Å². The first-order valence-corrected chi connectivity index (χ1v) is 20.7. The second kappa shape index (κ2) is 14.2. The Hall–Kier alpha value is -7.05. The highest BCUT2D eigenvalue weighted by Crippen LogP contribution is 2.55. The molecule has 0 saturated heterocycles. The first-order chi connectivity index (χ1) is 28.7. The molecule has 2 aliphatic rings. The molecule has 9 aromatic rings. The quantitative estimate of drug-likeness (QED) is 0.157. The van der Waals surface area contributed by atoms with Gasteiger partial charge in [0.25, 0.3) is 0 Å². The van der Waals surface area contributed by atoms with Crippen LogP contribution in [0.3, 0.4) is 0 Å². The molecule has 3 aromatic heterocycles. The molecule has 0 amide bonds. The number of hydrogen-bond donors (Lipinski definition) is 0. The summed E-state index contributed by atoms with van der Waals surface area (Å²) in [6, 6.07) is 51.3. The SMILES string of the molecule is [C-]#[N+]c1ccccc1-c1ccc(-c2nc(-c3ccccc3)nc(-c3cccc4c3C3=CC=CC(c5nc(-c6ccccc6)c6sc7ccccc7c6n5)C3S4)n2)cc1. The number of hydrogen-bond acceptors (Lipinski definition) is 7. The molecule has 0 saturated carbocycles. The van der Waals surface area contributed by atoms with Crippen LogP contribution >= 0.6 is 23.1 Å². The molecule has 0 spiro atoms. The van der Waals surface area contributed by atoms with Crippen LogP contribution < -0.4 is 0 Å². The van der Waals surface area contributed by atoms with E-state index >= 15 is 0 Å². The topological polar surface area (TPSA) is 68.8 Å². The van der Waals surface area contributed by atoms with E-state index in [-0.39, 0.29) is 11.2 Å². The molecule has 2 atom stereocenters. The largest absolute Gasteiger partial charge is 0.238 e. The lowest BCUT2D eigenvalue weighted by Crippen LogP contribution is -2.18. The summed E-state index contributed by atoms with van der Waals surface area (Å²) in [4.78, 5) is 31.0. The Morgan fingerprint density at radius 1 is 0.552 bits per heavy atom. The highest BCUT2D eigenvalue weighted by molar-refractivity contribution is 8.01. The van der Waals surface area contributed by atoms with Crippen molar-refractivity contribution in [3.8, 4) is 56.5 Å². The fraction of sp³-hybridized carbons (Fsp3) is 0.0400. The predicted molar refractivity (Wildman–Crippen MR) is 238 cm³/mol. The maximum Gasteiger partial charge on any atom is 0.194 e. The summed E-state index contributed by atoms with van der Waals surface area (Å²) in [5.74, 6) is 2.57.